The molecule has 1 aliphatic heterocycles. The Kier molecular flexibility index (Phi) is 34.7. The van der Waals surface area contributed by atoms with Crippen molar-refractivity contribution in [3.63, 3.8) is 0 Å². The monoisotopic (exact) mass is 782 g/mol. The Morgan fingerprint density at radius 3 is 1.49 bits per heavy atom. The second-order valence-electron chi connectivity index (χ2n) is 16.2. The summed E-state index contributed by atoms with van der Waals surface area (Å²) in [6, 6.07) is -0.813. The fourth-order valence-electron chi connectivity index (χ4n) is 7.33. The molecule has 1 heterocycles. The molecule has 9 heteroatoms. The second-order valence-corrected chi connectivity index (χ2v) is 16.2. The van der Waals surface area contributed by atoms with Crippen molar-refractivity contribution in [1.82, 2.24) is 5.32 Å². The number of aliphatic hydroxyl groups excluding tert-OH is 5. The largest absolute Gasteiger partial charge is 0.394 e. The lowest BCUT2D eigenvalue weighted by Crippen LogP contribution is -2.60. The van der Waals surface area contributed by atoms with Crippen molar-refractivity contribution >= 4 is 5.91 Å². The first-order valence-electron chi connectivity index (χ1n) is 23.1. The fraction of sp³-hybridized carbons (Fsp3) is 0.891. The Morgan fingerprint density at radius 1 is 0.600 bits per heavy atom. The van der Waals surface area contributed by atoms with Crippen LogP contribution in [0.1, 0.15) is 206 Å². The van der Waals surface area contributed by atoms with Crippen molar-refractivity contribution < 1.29 is 39.8 Å². The van der Waals surface area contributed by atoms with Crippen molar-refractivity contribution in [1.29, 1.82) is 0 Å². The zero-order chi connectivity index (χ0) is 40.2. The van der Waals surface area contributed by atoms with Crippen LogP contribution in [0, 0.1) is 0 Å². The summed E-state index contributed by atoms with van der Waals surface area (Å²) in [4.78, 5) is 12.3. The third kappa shape index (κ3) is 27.9. The normalized spacial score (nSPS) is 21.5. The molecule has 0 radical (unpaired) electrons. The number of hydrogen-bond acceptors (Lipinski definition) is 8. The van der Waals surface area contributed by atoms with Gasteiger partial charge in [0.05, 0.1) is 25.4 Å². The van der Waals surface area contributed by atoms with Crippen LogP contribution < -0.4 is 5.32 Å². The van der Waals surface area contributed by atoms with Crippen molar-refractivity contribution in [2.45, 2.75) is 249 Å². The van der Waals surface area contributed by atoms with Gasteiger partial charge in [0.25, 0.3) is 0 Å². The van der Waals surface area contributed by atoms with E-state index < -0.39 is 49.5 Å². The predicted molar refractivity (Wildman–Crippen MR) is 226 cm³/mol. The van der Waals surface area contributed by atoms with E-state index in [1.54, 1.807) is 6.08 Å². The summed E-state index contributed by atoms with van der Waals surface area (Å²) in [5.74, 6) is -0.240. The van der Waals surface area contributed by atoms with E-state index in [2.05, 4.69) is 24.4 Å². The van der Waals surface area contributed by atoms with Gasteiger partial charge in [-0.1, -0.05) is 192 Å². The molecule has 1 rings (SSSR count). The van der Waals surface area contributed by atoms with Crippen molar-refractivity contribution in [2.75, 3.05) is 13.2 Å². The molecule has 1 aliphatic rings. The van der Waals surface area contributed by atoms with Gasteiger partial charge in [-0.15, -0.1) is 0 Å². The number of hydrogen-bond donors (Lipinski definition) is 6. The Labute approximate surface area is 337 Å². The van der Waals surface area contributed by atoms with Gasteiger partial charge in [0.15, 0.2) is 6.29 Å². The molecule has 0 spiro atoms. The number of carbonyl (C=O) groups is 1. The lowest BCUT2D eigenvalue weighted by Gasteiger charge is -2.40. The first-order chi connectivity index (χ1) is 26.8. The van der Waals surface area contributed by atoms with E-state index in [0.717, 1.165) is 19.3 Å². The molecule has 6 N–H and O–H groups in total. The highest BCUT2D eigenvalue weighted by Crippen LogP contribution is 2.22. The molecule has 0 bridgehead atoms. The van der Waals surface area contributed by atoms with E-state index in [1.165, 1.54) is 161 Å². The van der Waals surface area contributed by atoms with Crippen LogP contribution in [0.15, 0.2) is 24.3 Å². The fourth-order valence-corrected chi connectivity index (χ4v) is 7.33. The minimum Gasteiger partial charge on any atom is -0.394 e. The van der Waals surface area contributed by atoms with E-state index in [0.29, 0.717) is 6.42 Å². The highest BCUT2D eigenvalue weighted by Gasteiger charge is 2.44. The highest BCUT2D eigenvalue weighted by molar-refractivity contribution is 5.76. The van der Waals surface area contributed by atoms with Gasteiger partial charge in [0.1, 0.15) is 24.4 Å². The molecule has 0 aliphatic carbocycles. The smallest absolute Gasteiger partial charge is 0.220 e. The highest BCUT2D eigenvalue weighted by atomic mass is 16.7. The number of allylic oxidation sites excluding steroid dienone is 3. The van der Waals surface area contributed by atoms with Gasteiger partial charge in [-0.2, -0.15) is 0 Å². The summed E-state index contributed by atoms with van der Waals surface area (Å²) in [7, 11) is 0. The summed E-state index contributed by atoms with van der Waals surface area (Å²) in [6.45, 7) is 3.40. The third-order valence-electron chi connectivity index (χ3n) is 11.0. The summed E-state index contributed by atoms with van der Waals surface area (Å²) >= 11 is 0. The molecule has 0 aromatic heterocycles. The maximum atomic E-state index is 12.3. The van der Waals surface area contributed by atoms with Crippen LogP contribution in [0.2, 0.25) is 0 Å². The summed E-state index contributed by atoms with van der Waals surface area (Å²) in [6.07, 6.45) is 38.7. The lowest BCUT2D eigenvalue weighted by atomic mass is 9.99. The number of aliphatic hydroxyl groups is 5. The molecule has 0 saturated carbocycles. The molecular formula is C46H87NO8. The summed E-state index contributed by atoms with van der Waals surface area (Å²) in [5.41, 5.74) is 0. The third-order valence-corrected chi connectivity index (χ3v) is 11.0. The van der Waals surface area contributed by atoms with Crippen LogP contribution in [0.25, 0.3) is 0 Å². The Balaban J connectivity index is 2.00. The van der Waals surface area contributed by atoms with Crippen LogP contribution in [-0.2, 0) is 14.3 Å². The Morgan fingerprint density at radius 2 is 1.04 bits per heavy atom. The van der Waals surface area contributed by atoms with Crippen LogP contribution in [0.5, 0.6) is 0 Å². The molecule has 7 unspecified atom stereocenters. The van der Waals surface area contributed by atoms with Gasteiger partial charge in [0, 0.05) is 6.42 Å². The number of rotatable bonds is 38. The second kappa shape index (κ2) is 37.0. The quantitative estimate of drug-likeness (QED) is 0.0268. The van der Waals surface area contributed by atoms with Crippen molar-refractivity contribution in [2.24, 2.45) is 0 Å². The molecule has 55 heavy (non-hydrogen) atoms. The maximum absolute atomic E-state index is 12.3. The average molecular weight is 782 g/mol. The lowest BCUT2D eigenvalue weighted by molar-refractivity contribution is -0.302. The van der Waals surface area contributed by atoms with Gasteiger partial charge in [-0.3, -0.25) is 4.79 Å². The van der Waals surface area contributed by atoms with Gasteiger partial charge < -0.3 is 40.3 Å². The van der Waals surface area contributed by atoms with E-state index >= 15 is 0 Å². The SMILES string of the molecule is CCCCCCCCCCCCCCCCCCCCCCCCCCC/C=C/CC/C=C/C(O)C(COC1OC(CO)C(O)C(O)C1O)NC(=O)CCC. The molecular weight excluding hydrogens is 695 g/mol. The van der Waals surface area contributed by atoms with Crippen LogP contribution in [0.4, 0.5) is 0 Å². The minimum atomic E-state index is -1.56. The topological polar surface area (TPSA) is 149 Å². The van der Waals surface area contributed by atoms with Crippen LogP contribution in [0.3, 0.4) is 0 Å². The van der Waals surface area contributed by atoms with E-state index in [1.807, 2.05) is 13.0 Å². The van der Waals surface area contributed by atoms with Gasteiger partial charge >= 0.3 is 0 Å². The zero-order valence-corrected chi connectivity index (χ0v) is 35.4. The molecule has 9 nitrogen and oxygen atoms in total. The molecule has 1 fully saturated rings. The van der Waals surface area contributed by atoms with Gasteiger partial charge in [0.2, 0.25) is 5.91 Å². The molecule has 0 aromatic carbocycles. The molecule has 0 aromatic rings. The standard InChI is InChI=1S/C46H87NO8/c1-3-5-6-7-8-9-10-11-12-13-14-15-16-17-18-19-20-21-22-23-24-25-26-27-28-29-30-31-32-33-34-36-40(49)39(47-42(50)35-4-2)38-54-46-45(53)44(52)43(51)41(37-48)55-46/h30-31,34,36,39-41,43-46,48-49,51-53H,3-29,32-33,35,37-38H2,1-2H3,(H,47,50)/b31-30+,36-34+. The summed E-state index contributed by atoms with van der Waals surface area (Å²) < 4.78 is 11.0. The van der Waals surface area contributed by atoms with E-state index in [-0.39, 0.29) is 18.9 Å². The van der Waals surface area contributed by atoms with E-state index in [4.69, 9.17) is 9.47 Å². The van der Waals surface area contributed by atoms with Gasteiger partial charge in [-0.25, -0.2) is 0 Å². The molecule has 1 saturated heterocycles. The van der Waals surface area contributed by atoms with Crippen LogP contribution >= 0.6 is 0 Å². The number of unbranched alkanes of at least 4 members (excludes halogenated alkanes) is 26. The number of carbonyl (C=O) groups excluding carboxylic acids is 1. The molecule has 324 valence electrons. The van der Waals surface area contributed by atoms with Crippen molar-refractivity contribution in [3.05, 3.63) is 24.3 Å². The maximum Gasteiger partial charge on any atom is 0.220 e. The van der Waals surface area contributed by atoms with Crippen molar-refractivity contribution in [3.8, 4) is 0 Å². The minimum absolute atomic E-state index is 0.205. The average Bonchev–Trinajstić information content (AvgIpc) is 3.18. The van der Waals surface area contributed by atoms with Gasteiger partial charge in [-0.05, 0) is 32.1 Å². The molecule has 1 amide bonds. The predicted octanol–water partition coefficient (Wildman–Crippen LogP) is 9.50. The Hall–Kier alpha value is -1.33. The number of ether oxygens (including phenoxy) is 2. The van der Waals surface area contributed by atoms with E-state index in [9.17, 15) is 30.3 Å². The number of nitrogens with one attached hydrogen (secondary N) is 1. The first-order valence-corrected chi connectivity index (χ1v) is 23.1. The van der Waals surface area contributed by atoms with Crippen LogP contribution in [-0.4, -0.2) is 87.5 Å². The summed E-state index contributed by atoms with van der Waals surface area (Å²) in [5, 5.41) is 53.2. The number of amides is 1. The Bertz CT molecular complexity index is 914. The zero-order valence-electron chi connectivity index (χ0n) is 35.4. The first kappa shape index (κ1) is 51.7. The molecule has 7 atom stereocenters.